The molecule has 0 aromatic heterocycles. The standard InChI is InChI=1S/C38H62N8O4/c1-9-41(10-2)19-17-39-29-25-27-32-31-28(36(48)45(37(49)33(29)31)23-21-43(13-5)14-6)26-30(40-18-20-42(11-3)12-4)34(32)38(50)46(35(27)47)24-22-44(15-7)16-8/h25-26,35,39-40,47H,9-24H2,1-8H3. The second-order valence-corrected chi connectivity index (χ2v) is 13.1. The van der Waals surface area contributed by atoms with E-state index in [4.69, 9.17) is 0 Å². The topological polar surface area (TPSA) is 115 Å². The number of anilines is 2. The molecule has 12 heteroatoms. The van der Waals surface area contributed by atoms with Crippen LogP contribution in [-0.4, -0.2) is 157 Å². The molecule has 2 aromatic carbocycles. The Balaban J connectivity index is 1.92. The number of amides is 3. The average Bonchev–Trinajstić information content (AvgIpc) is 3.13. The molecule has 50 heavy (non-hydrogen) atoms. The Morgan fingerprint density at radius 3 is 1.52 bits per heavy atom. The highest BCUT2D eigenvalue weighted by Crippen LogP contribution is 2.46. The summed E-state index contributed by atoms with van der Waals surface area (Å²) in [5, 5.41) is 20.0. The predicted octanol–water partition coefficient (Wildman–Crippen LogP) is 4.07. The molecule has 2 aliphatic rings. The van der Waals surface area contributed by atoms with E-state index in [1.807, 2.05) is 6.07 Å². The first kappa shape index (κ1) is 39.5. The van der Waals surface area contributed by atoms with Gasteiger partial charge in [0.1, 0.15) is 0 Å². The molecule has 0 spiro atoms. The fraction of sp³-hybridized carbons (Fsp3) is 0.658. The Kier molecular flexibility index (Phi) is 14.4. The average molecular weight is 695 g/mol. The predicted molar refractivity (Wildman–Crippen MR) is 203 cm³/mol. The van der Waals surface area contributed by atoms with E-state index in [1.54, 1.807) is 6.07 Å². The fourth-order valence-electron chi connectivity index (χ4n) is 7.33. The minimum absolute atomic E-state index is 0.258. The maximum Gasteiger partial charge on any atom is 0.263 e. The highest BCUT2D eigenvalue weighted by Gasteiger charge is 2.42. The maximum atomic E-state index is 14.5. The lowest BCUT2D eigenvalue weighted by atomic mass is 9.83. The van der Waals surface area contributed by atoms with Crippen molar-refractivity contribution in [2.75, 3.05) is 115 Å². The summed E-state index contributed by atoms with van der Waals surface area (Å²) in [5.41, 5.74) is 2.87. The molecule has 0 radical (unpaired) electrons. The van der Waals surface area contributed by atoms with Crippen LogP contribution in [-0.2, 0) is 0 Å². The van der Waals surface area contributed by atoms with Crippen molar-refractivity contribution in [2.45, 2.75) is 61.6 Å². The van der Waals surface area contributed by atoms with Gasteiger partial charge in [-0.2, -0.15) is 0 Å². The van der Waals surface area contributed by atoms with Crippen LogP contribution in [0.5, 0.6) is 0 Å². The summed E-state index contributed by atoms with van der Waals surface area (Å²) in [5.74, 6) is -1.04. The van der Waals surface area contributed by atoms with Gasteiger partial charge in [-0.05, 0) is 64.5 Å². The monoisotopic (exact) mass is 694 g/mol. The van der Waals surface area contributed by atoms with Gasteiger partial charge in [0, 0.05) is 80.1 Å². The van der Waals surface area contributed by atoms with E-state index in [0.717, 1.165) is 65.4 Å². The molecule has 0 aliphatic carbocycles. The first-order valence-corrected chi connectivity index (χ1v) is 19.0. The molecule has 1 unspecified atom stereocenters. The largest absolute Gasteiger partial charge is 0.383 e. The van der Waals surface area contributed by atoms with Crippen molar-refractivity contribution in [1.29, 1.82) is 0 Å². The van der Waals surface area contributed by atoms with Crippen LogP contribution in [0.25, 0.3) is 10.8 Å². The number of hydrogen-bond acceptors (Lipinski definition) is 10. The molecule has 2 heterocycles. The van der Waals surface area contributed by atoms with Crippen LogP contribution in [0, 0.1) is 0 Å². The lowest BCUT2D eigenvalue weighted by molar-refractivity contribution is 0.00153. The minimum atomic E-state index is -1.23. The van der Waals surface area contributed by atoms with Gasteiger partial charge >= 0.3 is 0 Å². The number of nitrogens with zero attached hydrogens (tertiary/aromatic N) is 6. The third-order valence-corrected chi connectivity index (χ3v) is 10.8. The zero-order valence-electron chi connectivity index (χ0n) is 31.9. The third-order valence-electron chi connectivity index (χ3n) is 10.8. The van der Waals surface area contributed by atoms with Gasteiger partial charge in [0.05, 0.1) is 16.7 Å². The summed E-state index contributed by atoms with van der Waals surface area (Å²) in [6, 6.07) is 3.63. The van der Waals surface area contributed by atoms with E-state index in [9.17, 15) is 19.5 Å². The fourth-order valence-corrected chi connectivity index (χ4v) is 7.33. The van der Waals surface area contributed by atoms with Crippen molar-refractivity contribution in [3.05, 3.63) is 34.4 Å². The van der Waals surface area contributed by atoms with E-state index in [1.165, 1.54) is 9.80 Å². The molecule has 12 nitrogen and oxygen atoms in total. The van der Waals surface area contributed by atoms with Crippen LogP contribution in [0.4, 0.5) is 11.4 Å². The molecule has 2 aliphatic heterocycles. The van der Waals surface area contributed by atoms with Crippen molar-refractivity contribution in [2.24, 2.45) is 0 Å². The molecular weight excluding hydrogens is 632 g/mol. The van der Waals surface area contributed by atoms with E-state index < -0.39 is 6.23 Å². The molecular formula is C38H62N8O4. The number of carbonyl (C=O) groups is 3. The summed E-state index contributed by atoms with van der Waals surface area (Å²) in [6.07, 6.45) is -1.23. The van der Waals surface area contributed by atoms with Gasteiger partial charge in [-0.15, -0.1) is 0 Å². The van der Waals surface area contributed by atoms with Crippen molar-refractivity contribution in [3.8, 4) is 0 Å². The number of rotatable bonds is 22. The molecule has 3 N–H and O–H groups in total. The Morgan fingerprint density at radius 2 is 1.02 bits per heavy atom. The molecule has 0 fully saturated rings. The number of hydrogen-bond donors (Lipinski definition) is 3. The normalized spacial score (nSPS) is 15.9. The molecule has 1 atom stereocenters. The van der Waals surface area contributed by atoms with Crippen LogP contribution in [0.15, 0.2) is 12.1 Å². The Labute approximate surface area is 299 Å². The van der Waals surface area contributed by atoms with Crippen molar-refractivity contribution < 1.29 is 19.5 Å². The van der Waals surface area contributed by atoms with Gasteiger partial charge < -0.3 is 40.2 Å². The van der Waals surface area contributed by atoms with Crippen LogP contribution in [0.1, 0.15) is 98.3 Å². The molecule has 278 valence electrons. The first-order valence-electron chi connectivity index (χ1n) is 19.0. The third kappa shape index (κ3) is 8.10. The quantitative estimate of drug-likeness (QED) is 0.156. The number of aliphatic hydroxyl groups excluding tert-OH is 1. The summed E-state index contributed by atoms with van der Waals surface area (Å²) in [7, 11) is 0. The van der Waals surface area contributed by atoms with Crippen molar-refractivity contribution in [1.82, 2.24) is 29.4 Å². The van der Waals surface area contributed by atoms with Gasteiger partial charge in [0.2, 0.25) is 0 Å². The second kappa shape index (κ2) is 18.3. The van der Waals surface area contributed by atoms with E-state index >= 15 is 0 Å². The number of likely N-dealkylation sites (N-methyl/N-ethyl adjacent to an activating group) is 4. The van der Waals surface area contributed by atoms with E-state index in [0.29, 0.717) is 77.1 Å². The summed E-state index contributed by atoms with van der Waals surface area (Å²) in [4.78, 5) is 55.3. The number of imide groups is 1. The van der Waals surface area contributed by atoms with Crippen LogP contribution >= 0.6 is 0 Å². The summed E-state index contributed by atoms with van der Waals surface area (Å²) >= 11 is 0. The Bertz CT molecular complexity index is 1480. The lowest BCUT2D eigenvalue weighted by Gasteiger charge is -2.39. The minimum Gasteiger partial charge on any atom is -0.383 e. The smallest absolute Gasteiger partial charge is 0.263 e. The Morgan fingerprint density at radius 1 is 0.580 bits per heavy atom. The van der Waals surface area contributed by atoms with Gasteiger partial charge in [0.25, 0.3) is 17.7 Å². The molecule has 0 bridgehead atoms. The summed E-state index contributed by atoms with van der Waals surface area (Å²) < 4.78 is 0. The van der Waals surface area contributed by atoms with E-state index in [2.05, 4.69) is 85.6 Å². The SMILES string of the molecule is CCN(CC)CCNc1cc2c3c(c(NCCN(CC)CC)cc4c3c1C(=O)N(CCN(CC)CC)C4=O)C(=O)N(CCN(CC)CC)C2O. The Hall–Kier alpha value is -3.29. The zero-order chi connectivity index (χ0) is 36.5. The number of benzene rings is 2. The summed E-state index contributed by atoms with van der Waals surface area (Å²) in [6.45, 7) is 28.2. The molecule has 3 amide bonds. The maximum absolute atomic E-state index is 14.5. The first-order chi connectivity index (χ1) is 24.1. The van der Waals surface area contributed by atoms with E-state index in [-0.39, 0.29) is 24.3 Å². The zero-order valence-corrected chi connectivity index (χ0v) is 31.9. The van der Waals surface area contributed by atoms with Crippen molar-refractivity contribution >= 4 is 39.9 Å². The van der Waals surface area contributed by atoms with Crippen LogP contribution in [0.3, 0.4) is 0 Å². The molecule has 4 rings (SSSR count). The molecule has 0 saturated heterocycles. The van der Waals surface area contributed by atoms with Crippen LogP contribution < -0.4 is 10.6 Å². The van der Waals surface area contributed by atoms with Gasteiger partial charge in [-0.3, -0.25) is 19.3 Å². The van der Waals surface area contributed by atoms with Crippen LogP contribution in [0.2, 0.25) is 0 Å². The highest BCUT2D eigenvalue weighted by molar-refractivity contribution is 6.31. The number of nitrogens with one attached hydrogen (secondary N) is 2. The number of aliphatic hydroxyl groups is 1. The van der Waals surface area contributed by atoms with Gasteiger partial charge in [-0.1, -0.05) is 55.4 Å². The van der Waals surface area contributed by atoms with Crippen molar-refractivity contribution in [3.63, 3.8) is 0 Å². The van der Waals surface area contributed by atoms with Gasteiger partial charge in [0.15, 0.2) is 6.23 Å². The highest BCUT2D eigenvalue weighted by atomic mass is 16.3. The number of carbonyl (C=O) groups excluding carboxylic acids is 3. The molecule has 2 aromatic rings. The lowest BCUT2D eigenvalue weighted by Crippen LogP contribution is -2.46. The second-order valence-electron chi connectivity index (χ2n) is 13.1. The van der Waals surface area contributed by atoms with Gasteiger partial charge in [-0.25, -0.2) is 0 Å². The molecule has 0 saturated carbocycles.